The van der Waals surface area contributed by atoms with Gasteiger partial charge in [0.2, 0.25) is 0 Å². The largest absolute Gasteiger partial charge is 0.478 e. The van der Waals surface area contributed by atoms with Gasteiger partial charge in [-0.05, 0) is 35.9 Å². The van der Waals surface area contributed by atoms with Gasteiger partial charge in [-0.2, -0.15) is 0 Å². The van der Waals surface area contributed by atoms with Crippen LogP contribution in [0.5, 0.6) is 5.75 Å². The zero-order valence-electron chi connectivity index (χ0n) is 10.4. The van der Waals surface area contributed by atoms with Crippen molar-refractivity contribution in [3.63, 3.8) is 0 Å². The molecule has 0 fully saturated rings. The molecular weight excluding hydrogens is 299 g/mol. The normalized spacial score (nSPS) is 11.9. The van der Waals surface area contributed by atoms with E-state index in [1.54, 1.807) is 42.5 Å². The van der Waals surface area contributed by atoms with E-state index in [0.29, 0.717) is 15.8 Å². The highest BCUT2D eigenvalue weighted by atomic mass is 35.5. The molecular formula is C15H12Cl2O3. The van der Waals surface area contributed by atoms with Gasteiger partial charge in [0.25, 0.3) is 0 Å². The van der Waals surface area contributed by atoms with Crippen molar-refractivity contribution >= 4 is 29.2 Å². The molecule has 0 saturated carbocycles. The van der Waals surface area contributed by atoms with Crippen molar-refractivity contribution in [2.24, 2.45) is 0 Å². The van der Waals surface area contributed by atoms with Crippen LogP contribution in [0.15, 0.2) is 48.5 Å². The molecule has 0 bridgehead atoms. The molecule has 0 radical (unpaired) electrons. The zero-order chi connectivity index (χ0) is 14.5. The quantitative estimate of drug-likeness (QED) is 0.905. The second kappa shape index (κ2) is 6.64. The van der Waals surface area contributed by atoms with Crippen LogP contribution in [-0.2, 0) is 11.2 Å². The highest BCUT2D eigenvalue weighted by Crippen LogP contribution is 2.20. The lowest BCUT2D eigenvalue weighted by Crippen LogP contribution is -2.29. The average Bonchev–Trinajstić information content (AvgIpc) is 2.38. The Balaban J connectivity index is 2.13. The maximum absolute atomic E-state index is 11.3. The molecule has 0 aliphatic carbocycles. The minimum absolute atomic E-state index is 0.225. The molecule has 0 saturated heterocycles. The predicted molar refractivity (Wildman–Crippen MR) is 78.7 cm³/mol. The maximum atomic E-state index is 11.3. The molecule has 1 N–H and O–H groups in total. The summed E-state index contributed by atoms with van der Waals surface area (Å²) in [5, 5.41) is 10.3. The molecule has 3 nitrogen and oxygen atoms in total. The van der Waals surface area contributed by atoms with Crippen molar-refractivity contribution in [3.05, 3.63) is 64.1 Å². The van der Waals surface area contributed by atoms with Crippen LogP contribution in [0.4, 0.5) is 0 Å². The Morgan fingerprint density at radius 3 is 2.35 bits per heavy atom. The number of hydrogen-bond acceptors (Lipinski definition) is 2. The highest BCUT2D eigenvalue weighted by Gasteiger charge is 2.20. The van der Waals surface area contributed by atoms with Crippen LogP contribution < -0.4 is 4.74 Å². The molecule has 2 aromatic carbocycles. The molecule has 20 heavy (non-hydrogen) atoms. The van der Waals surface area contributed by atoms with Gasteiger partial charge < -0.3 is 9.84 Å². The van der Waals surface area contributed by atoms with Crippen LogP contribution in [0.1, 0.15) is 5.56 Å². The Morgan fingerprint density at radius 1 is 1.10 bits per heavy atom. The smallest absolute Gasteiger partial charge is 0.345 e. The number of ether oxygens (including phenoxy) is 1. The monoisotopic (exact) mass is 310 g/mol. The Labute approximate surface area is 126 Å². The van der Waals surface area contributed by atoms with E-state index in [9.17, 15) is 9.90 Å². The number of carbonyl (C=O) groups is 1. The van der Waals surface area contributed by atoms with Gasteiger partial charge in [-0.25, -0.2) is 4.79 Å². The molecule has 0 aliphatic heterocycles. The van der Waals surface area contributed by atoms with Crippen LogP contribution in [0.25, 0.3) is 0 Å². The molecule has 5 heteroatoms. The average molecular weight is 311 g/mol. The predicted octanol–water partition coefficient (Wildman–Crippen LogP) is 4.07. The van der Waals surface area contributed by atoms with E-state index in [4.69, 9.17) is 27.9 Å². The minimum atomic E-state index is -1.04. The first kappa shape index (κ1) is 14.7. The van der Waals surface area contributed by atoms with Crippen molar-refractivity contribution in [2.45, 2.75) is 12.5 Å². The highest BCUT2D eigenvalue weighted by molar-refractivity contribution is 6.30. The van der Waals surface area contributed by atoms with Crippen LogP contribution in [0.3, 0.4) is 0 Å². The fourth-order valence-electron chi connectivity index (χ4n) is 1.76. The van der Waals surface area contributed by atoms with Crippen LogP contribution in [-0.4, -0.2) is 17.2 Å². The van der Waals surface area contributed by atoms with Crippen molar-refractivity contribution in [1.82, 2.24) is 0 Å². The first-order valence-electron chi connectivity index (χ1n) is 5.94. The topological polar surface area (TPSA) is 46.5 Å². The van der Waals surface area contributed by atoms with E-state index < -0.39 is 12.1 Å². The number of benzene rings is 2. The Morgan fingerprint density at radius 2 is 1.75 bits per heavy atom. The van der Waals surface area contributed by atoms with Gasteiger partial charge in [-0.3, -0.25) is 0 Å². The molecule has 2 aromatic rings. The van der Waals surface area contributed by atoms with Crippen molar-refractivity contribution in [1.29, 1.82) is 0 Å². The number of hydrogen-bond donors (Lipinski definition) is 1. The lowest BCUT2D eigenvalue weighted by molar-refractivity contribution is -0.145. The summed E-state index contributed by atoms with van der Waals surface area (Å²) >= 11 is 11.7. The molecule has 0 heterocycles. The summed E-state index contributed by atoms with van der Waals surface area (Å²) in [6.07, 6.45) is -0.769. The molecule has 2 rings (SSSR count). The summed E-state index contributed by atoms with van der Waals surface area (Å²) in [7, 11) is 0. The summed E-state index contributed by atoms with van der Waals surface area (Å²) < 4.78 is 5.47. The SMILES string of the molecule is O=C(O)[C@@H](Cc1cccc(Cl)c1)Oc1cccc(Cl)c1. The fourth-order valence-corrected chi connectivity index (χ4v) is 2.16. The summed E-state index contributed by atoms with van der Waals surface area (Å²) in [6, 6.07) is 13.7. The summed E-state index contributed by atoms with van der Waals surface area (Å²) in [4.78, 5) is 11.3. The Hall–Kier alpha value is -1.71. The molecule has 0 spiro atoms. The summed E-state index contributed by atoms with van der Waals surface area (Å²) in [5.41, 5.74) is 0.798. The number of carboxylic acids is 1. The molecule has 0 aliphatic rings. The third-order valence-electron chi connectivity index (χ3n) is 2.66. The van der Waals surface area contributed by atoms with E-state index in [1.807, 2.05) is 6.07 Å². The van der Waals surface area contributed by atoms with Gasteiger partial charge in [0.1, 0.15) is 5.75 Å². The number of halogens is 2. The number of rotatable bonds is 5. The van der Waals surface area contributed by atoms with Gasteiger partial charge in [0.05, 0.1) is 0 Å². The van der Waals surface area contributed by atoms with Crippen LogP contribution in [0.2, 0.25) is 10.0 Å². The first-order chi connectivity index (χ1) is 9.54. The second-order valence-electron chi connectivity index (χ2n) is 4.24. The van der Waals surface area contributed by atoms with Crippen LogP contribution >= 0.6 is 23.2 Å². The summed E-state index contributed by atoms with van der Waals surface area (Å²) in [5.74, 6) is -0.614. The van der Waals surface area contributed by atoms with E-state index in [-0.39, 0.29) is 6.42 Å². The fraction of sp³-hybridized carbons (Fsp3) is 0.133. The van der Waals surface area contributed by atoms with Gasteiger partial charge in [0.15, 0.2) is 6.10 Å². The third kappa shape index (κ3) is 4.15. The lowest BCUT2D eigenvalue weighted by Gasteiger charge is -2.15. The standard InChI is InChI=1S/C15H12Cl2O3/c16-11-4-1-3-10(7-11)8-14(15(18)19)20-13-6-2-5-12(17)9-13/h1-7,9,14H,8H2,(H,18,19)/t14-/m1/s1. The van der Waals surface area contributed by atoms with Gasteiger partial charge >= 0.3 is 5.97 Å². The molecule has 0 unspecified atom stereocenters. The molecule has 0 amide bonds. The van der Waals surface area contributed by atoms with E-state index >= 15 is 0 Å². The van der Waals surface area contributed by atoms with E-state index in [1.165, 1.54) is 0 Å². The molecule has 1 atom stereocenters. The first-order valence-corrected chi connectivity index (χ1v) is 6.69. The van der Waals surface area contributed by atoms with E-state index in [0.717, 1.165) is 5.56 Å². The van der Waals surface area contributed by atoms with Crippen LogP contribution in [0, 0.1) is 0 Å². The van der Waals surface area contributed by atoms with Gasteiger partial charge in [-0.15, -0.1) is 0 Å². The zero-order valence-corrected chi connectivity index (χ0v) is 11.9. The summed E-state index contributed by atoms with van der Waals surface area (Å²) in [6.45, 7) is 0. The minimum Gasteiger partial charge on any atom is -0.478 e. The van der Waals surface area contributed by atoms with Gasteiger partial charge in [-0.1, -0.05) is 41.4 Å². The second-order valence-corrected chi connectivity index (χ2v) is 5.11. The third-order valence-corrected chi connectivity index (χ3v) is 3.13. The van der Waals surface area contributed by atoms with Crippen molar-refractivity contribution in [2.75, 3.05) is 0 Å². The number of aliphatic carboxylic acids is 1. The van der Waals surface area contributed by atoms with Crippen molar-refractivity contribution < 1.29 is 14.6 Å². The maximum Gasteiger partial charge on any atom is 0.345 e. The molecule has 0 aromatic heterocycles. The Kier molecular flexibility index (Phi) is 4.88. The Bertz CT molecular complexity index is 566. The van der Waals surface area contributed by atoms with E-state index in [2.05, 4.69) is 0 Å². The molecule has 104 valence electrons. The lowest BCUT2D eigenvalue weighted by atomic mass is 10.1. The number of carboxylic acid groups (broad SMARTS) is 1. The van der Waals surface area contributed by atoms with Gasteiger partial charge in [0, 0.05) is 16.5 Å². The van der Waals surface area contributed by atoms with Crippen molar-refractivity contribution in [3.8, 4) is 5.75 Å².